The van der Waals surface area contributed by atoms with Crippen molar-refractivity contribution in [3.63, 3.8) is 0 Å². The van der Waals surface area contributed by atoms with Gasteiger partial charge in [0, 0.05) is 38.9 Å². The molecule has 31 heavy (non-hydrogen) atoms. The van der Waals surface area contributed by atoms with Crippen molar-refractivity contribution in [1.82, 2.24) is 10.2 Å². The first kappa shape index (κ1) is 22.9. The number of carbonyl (C=O) groups is 2. The lowest BCUT2D eigenvalue weighted by atomic mass is 9.87. The van der Waals surface area contributed by atoms with Crippen molar-refractivity contribution in [3.05, 3.63) is 35.4 Å². The Morgan fingerprint density at radius 3 is 2.32 bits per heavy atom. The van der Waals surface area contributed by atoms with Crippen LogP contribution in [-0.4, -0.2) is 46.9 Å². The van der Waals surface area contributed by atoms with Crippen molar-refractivity contribution in [1.29, 1.82) is 0 Å². The average Bonchev–Trinajstić information content (AvgIpc) is 3.08. The fraction of sp³-hybridized carbons (Fsp3) is 0.571. The maximum atomic E-state index is 12.6. The molecule has 1 saturated heterocycles. The van der Waals surface area contributed by atoms with E-state index in [1.54, 1.807) is 25.7 Å². The predicted octanol–water partition coefficient (Wildman–Crippen LogP) is 3.87. The monoisotopic (exact) mass is 441 g/mol. The molecule has 0 saturated carbocycles. The zero-order chi connectivity index (χ0) is 22.9. The van der Waals surface area contributed by atoms with Gasteiger partial charge in [0.1, 0.15) is 16.9 Å². The van der Waals surface area contributed by atoms with E-state index in [-0.39, 0.29) is 18.3 Å². The Labute approximate surface area is 178 Å². The highest BCUT2D eigenvalue weighted by Crippen LogP contribution is 2.35. The van der Waals surface area contributed by atoms with Crippen molar-refractivity contribution >= 4 is 17.7 Å². The summed E-state index contributed by atoms with van der Waals surface area (Å²) in [5.41, 5.74) is -1.16. The van der Waals surface area contributed by atoms with Crippen LogP contribution >= 0.6 is 0 Å². The molecule has 0 aliphatic carbocycles. The second kappa shape index (κ2) is 8.39. The van der Waals surface area contributed by atoms with Crippen LogP contribution in [0.15, 0.2) is 29.4 Å². The van der Waals surface area contributed by atoms with Gasteiger partial charge in [-0.1, -0.05) is 17.3 Å². The summed E-state index contributed by atoms with van der Waals surface area (Å²) in [6, 6.07) is 4.60. The second-order valence-corrected chi connectivity index (χ2v) is 8.83. The largest absolute Gasteiger partial charge is 0.444 e. The van der Waals surface area contributed by atoms with Gasteiger partial charge in [-0.3, -0.25) is 4.79 Å². The van der Waals surface area contributed by atoms with E-state index in [2.05, 4.69) is 10.5 Å². The van der Waals surface area contributed by atoms with E-state index in [0.29, 0.717) is 37.9 Å². The molecule has 0 radical (unpaired) electrons. The topological polar surface area (TPSA) is 80.2 Å². The molecule has 0 bridgehead atoms. The standard InChI is InChI=1S/C21H26F3N3O4/c1-19(2,3)30-18(29)27-10-8-20(9-11-27)12-16(26-31-20)17(28)25-13-14-4-6-15(7-5-14)21(22,23)24/h4-7H,8-13H2,1-3H3,(H,25,28). The van der Waals surface area contributed by atoms with Gasteiger partial charge in [0.2, 0.25) is 0 Å². The smallest absolute Gasteiger partial charge is 0.416 e. The Balaban J connectivity index is 1.47. The van der Waals surface area contributed by atoms with Crippen LogP contribution in [0.4, 0.5) is 18.0 Å². The lowest BCUT2D eigenvalue weighted by Gasteiger charge is -2.37. The molecule has 1 fully saturated rings. The number of nitrogens with one attached hydrogen (secondary N) is 1. The predicted molar refractivity (Wildman–Crippen MR) is 106 cm³/mol. The van der Waals surface area contributed by atoms with Crippen LogP contribution in [-0.2, 0) is 27.1 Å². The minimum atomic E-state index is -4.40. The highest BCUT2D eigenvalue weighted by Gasteiger charge is 2.45. The van der Waals surface area contributed by atoms with Crippen LogP contribution in [0.3, 0.4) is 0 Å². The van der Waals surface area contributed by atoms with Gasteiger partial charge in [-0.05, 0) is 38.5 Å². The maximum Gasteiger partial charge on any atom is 0.416 e. The maximum absolute atomic E-state index is 12.6. The number of carbonyl (C=O) groups excluding carboxylic acids is 2. The van der Waals surface area contributed by atoms with Crippen molar-refractivity contribution in [2.75, 3.05) is 13.1 Å². The third kappa shape index (κ3) is 5.89. The summed E-state index contributed by atoms with van der Waals surface area (Å²) in [5, 5.41) is 6.58. The molecule has 2 aliphatic heterocycles. The molecule has 170 valence electrons. The van der Waals surface area contributed by atoms with E-state index in [9.17, 15) is 22.8 Å². The van der Waals surface area contributed by atoms with Gasteiger partial charge in [0.25, 0.3) is 5.91 Å². The molecule has 2 heterocycles. The minimum Gasteiger partial charge on any atom is -0.444 e. The van der Waals surface area contributed by atoms with E-state index in [4.69, 9.17) is 9.57 Å². The number of alkyl halides is 3. The molecule has 0 aromatic heterocycles. The summed E-state index contributed by atoms with van der Waals surface area (Å²) in [7, 11) is 0. The lowest BCUT2D eigenvalue weighted by Crippen LogP contribution is -2.48. The lowest BCUT2D eigenvalue weighted by molar-refractivity contribution is -0.137. The number of halogens is 3. The molecular weight excluding hydrogens is 415 g/mol. The van der Waals surface area contributed by atoms with Gasteiger partial charge in [0.05, 0.1) is 5.56 Å². The summed E-state index contributed by atoms with van der Waals surface area (Å²) < 4.78 is 43.3. The molecule has 1 spiro atoms. The molecule has 1 aromatic carbocycles. The molecule has 3 rings (SSSR count). The number of piperidine rings is 1. The quantitative estimate of drug-likeness (QED) is 0.772. The van der Waals surface area contributed by atoms with Crippen LogP contribution in [0.1, 0.15) is 51.2 Å². The van der Waals surface area contributed by atoms with E-state index in [1.165, 1.54) is 12.1 Å². The number of oxime groups is 1. The second-order valence-electron chi connectivity index (χ2n) is 8.83. The third-order valence-corrected chi connectivity index (χ3v) is 5.16. The van der Waals surface area contributed by atoms with Gasteiger partial charge < -0.3 is 19.8 Å². The van der Waals surface area contributed by atoms with Gasteiger partial charge >= 0.3 is 12.3 Å². The van der Waals surface area contributed by atoms with Crippen molar-refractivity contribution in [3.8, 4) is 0 Å². The Kier molecular flexibility index (Phi) is 6.20. The van der Waals surface area contributed by atoms with E-state index in [0.717, 1.165) is 12.1 Å². The zero-order valence-electron chi connectivity index (χ0n) is 17.7. The Bertz CT molecular complexity index is 852. The summed E-state index contributed by atoms with van der Waals surface area (Å²) >= 11 is 0. The molecule has 2 amide bonds. The average molecular weight is 441 g/mol. The number of hydrogen-bond donors (Lipinski definition) is 1. The molecule has 1 aromatic rings. The van der Waals surface area contributed by atoms with Crippen molar-refractivity contribution < 1.29 is 32.3 Å². The van der Waals surface area contributed by atoms with Crippen molar-refractivity contribution in [2.24, 2.45) is 5.16 Å². The number of hydrogen-bond acceptors (Lipinski definition) is 5. The fourth-order valence-corrected chi connectivity index (χ4v) is 3.43. The first-order valence-corrected chi connectivity index (χ1v) is 10.0. The third-order valence-electron chi connectivity index (χ3n) is 5.16. The SMILES string of the molecule is CC(C)(C)OC(=O)N1CCC2(CC1)CC(C(=O)NCc1ccc(C(F)(F)F)cc1)=NO2. The highest BCUT2D eigenvalue weighted by atomic mass is 19.4. The normalized spacial score (nSPS) is 18.4. The van der Waals surface area contributed by atoms with E-state index >= 15 is 0 Å². The van der Waals surface area contributed by atoms with Gasteiger partial charge in [-0.25, -0.2) is 4.79 Å². The molecule has 2 aliphatic rings. The molecular formula is C21H26F3N3O4. The van der Waals surface area contributed by atoms with Crippen LogP contribution in [0, 0.1) is 0 Å². The molecule has 0 atom stereocenters. The molecule has 1 N–H and O–H groups in total. The van der Waals surface area contributed by atoms with E-state index in [1.807, 2.05) is 0 Å². The Morgan fingerprint density at radius 2 is 1.77 bits per heavy atom. The molecule has 10 heteroatoms. The van der Waals surface area contributed by atoms with Crippen LogP contribution in [0.25, 0.3) is 0 Å². The fourth-order valence-electron chi connectivity index (χ4n) is 3.43. The highest BCUT2D eigenvalue weighted by molar-refractivity contribution is 6.39. The summed E-state index contributed by atoms with van der Waals surface area (Å²) in [6.45, 7) is 6.37. The van der Waals surface area contributed by atoms with Crippen molar-refractivity contribution in [2.45, 2.75) is 64.0 Å². The molecule has 7 nitrogen and oxygen atoms in total. The Morgan fingerprint density at radius 1 is 1.16 bits per heavy atom. The van der Waals surface area contributed by atoms with Gasteiger partial charge in [-0.2, -0.15) is 13.2 Å². The summed E-state index contributed by atoms with van der Waals surface area (Å²) in [6.07, 6.45) is -3.42. The number of rotatable bonds is 3. The zero-order valence-corrected chi connectivity index (χ0v) is 17.7. The molecule has 0 unspecified atom stereocenters. The number of likely N-dealkylation sites (tertiary alicyclic amines) is 1. The number of ether oxygens (including phenoxy) is 1. The summed E-state index contributed by atoms with van der Waals surface area (Å²) in [4.78, 5) is 31.8. The van der Waals surface area contributed by atoms with Crippen LogP contribution in [0.5, 0.6) is 0 Å². The van der Waals surface area contributed by atoms with Crippen LogP contribution < -0.4 is 5.32 Å². The van der Waals surface area contributed by atoms with Gasteiger partial charge in [0.15, 0.2) is 0 Å². The Hall–Kier alpha value is -2.78. The number of amides is 2. The first-order chi connectivity index (χ1) is 14.4. The number of benzene rings is 1. The van der Waals surface area contributed by atoms with E-state index < -0.39 is 28.8 Å². The van der Waals surface area contributed by atoms with Gasteiger partial charge in [-0.15, -0.1) is 0 Å². The number of nitrogens with zero attached hydrogens (tertiary/aromatic N) is 2. The minimum absolute atomic E-state index is 0.0788. The van der Waals surface area contributed by atoms with Crippen LogP contribution in [0.2, 0.25) is 0 Å². The first-order valence-electron chi connectivity index (χ1n) is 10.0. The summed E-state index contributed by atoms with van der Waals surface area (Å²) in [5.74, 6) is -0.425.